The molecule has 0 atom stereocenters. The average molecular weight is 473 g/mol. The second-order valence-electron chi connectivity index (χ2n) is 6.31. The molecule has 0 saturated heterocycles. The van der Waals surface area contributed by atoms with Gasteiger partial charge in [-0.2, -0.15) is 5.10 Å². The van der Waals surface area contributed by atoms with Gasteiger partial charge in [0.2, 0.25) is 5.91 Å². The van der Waals surface area contributed by atoms with E-state index < -0.39 is 5.97 Å². The third-order valence-corrected chi connectivity index (χ3v) is 5.71. The van der Waals surface area contributed by atoms with Gasteiger partial charge in [0.05, 0.1) is 17.5 Å². The van der Waals surface area contributed by atoms with Crippen molar-refractivity contribution < 1.29 is 14.3 Å². The molecule has 8 heteroatoms. The van der Waals surface area contributed by atoms with Crippen LogP contribution in [0.5, 0.6) is 5.75 Å². The quantitative estimate of drug-likeness (QED) is 0.200. The third kappa shape index (κ3) is 7.14. The summed E-state index contributed by atoms with van der Waals surface area (Å²) in [6.45, 7) is 0. The van der Waals surface area contributed by atoms with Gasteiger partial charge in [-0.1, -0.05) is 47.5 Å². The summed E-state index contributed by atoms with van der Waals surface area (Å²) in [7, 11) is 0. The molecule has 1 amide bonds. The number of hydrogen-bond acceptors (Lipinski definition) is 5. The van der Waals surface area contributed by atoms with Gasteiger partial charge in [-0.15, -0.1) is 11.8 Å². The fourth-order valence-corrected chi connectivity index (χ4v) is 4.05. The van der Waals surface area contributed by atoms with Crippen LogP contribution in [0.25, 0.3) is 0 Å². The lowest BCUT2D eigenvalue weighted by atomic mass is 10.2. The van der Waals surface area contributed by atoms with E-state index in [9.17, 15) is 9.59 Å². The van der Waals surface area contributed by atoms with E-state index in [2.05, 4.69) is 10.5 Å². The van der Waals surface area contributed by atoms with Crippen LogP contribution in [0, 0.1) is 0 Å². The first kappa shape index (κ1) is 22.9. The Balaban J connectivity index is 1.43. The molecule has 3 aromatic rings. The molecule has 5 nitrogen and oxygen atoms in total. The highest BCUT2D eigenvalue weighted by molar-refractivity contribution is 7.99. The van der Waals surface area contributed by atoms with Crippen molar-refractivity contribution in [2.45, 2.75) is 5.75 Å². The molecule has 0 aliphatic carbocycles. The molecule has 1 N–H and O–H groups in total. The van der Waals surface area contributed by atoms with Gasteiger partial charge < -0.3 is 4.74 Å². The van der Waals surface area contributed by atoms with Crippen LogP contribution in [0.1, 0.15) is 21.5 Å². The molecule has 158 valence electrons. The predicted molar refractivity (Wildman–Crippen MR) is 126 cm³/mol. The Morgan fingerprint density at radius 2 is 1.61 bits per heavy atom. The number of hydrogen-bond donors (Lipinski definition) is 1. The molecule has 0 aromatic heterocycles. The number of halogens is 2. The highest BCUT2D eigenvalue weighted by atomic mass is 35.5. The number of benzene rings is 3. The summed E-state index contributed by atoms with van der Waals surface area (Å²) >= 11 is 13.6. The first-order chi connectivity index (χ1) is 15.0. The molecule has 31 heavy (non-hydrogen) atoms. The number of ether oxygens (including phenoxy) is 1. The van der Waals surface area contributed by atoms with Gasteiger partial charge in [-0.05, 0) is 59.7 Å². The zero-order chi connectivity index (χ0) is 22.1. The first-order valence-corrected chi connectivity index (χ1v) is 11.1. The SMILES string of the molecule is O=C(CSCc1c(Cl)cccc1Cl)N/N=C\c1ccc(OC(=O)c2ccccc2)cc1. The molecule has 0 radical (unpaired) electrons. The van der Waals surface area contributed by atoms with Gasteiger partial charge in [0.25, 0.3) is 0 Å². The minimum atomic E-state index is -0.426. The number of thioether (sulfide) groups is 1. The Morgan fingerprint density at radius 1 is 0.935 bits per heavy atom. The molecule has 0 aliphatic heterocycles. The monoisotopic (exact) mass is 472 g/mol. The molecule has 0 heterocycles. The van der Waals surface area contributed by atoms with Crippen LogP contribution < -0.4 is 10.2 Å². The summed E-state index contributed by atoms with van der Waals surface area (Å²) in [5.41, 5.74) is 4.50. The largest absolute Gasteiger partial charge is 0.423 e. The summed E-state index contributed by atoms with van der Waals surface area (Å²) in [5, 5.41) is 5.10. The van der Waals surface area contributed by atoms with Crippen molar-refractivity contribution in [1.29, 1.82) is 0 Å². The zero-order valence-corrected chi connectivity index (χ0v) is 18.6. The maximum atomic E-state index is 12.0. The van der Waals surface area contributed by atoms with E-state index in [1.807, 2.05) is 6.07 Å². The summed E-state index contributed by atoms with van der Waals surface area (Å²) < 4.78 is 5.32. The van der Waals surface area contributed by atoms with Crippen molar-refractivity contribution in [3.8, 4) is 5.75 Å². The normalized spacial score (nSPS) is 10.8. The van der Waals surface area contributed by atoms with Crippen molar-refractivity contribution in [2.75, 3.05) is 5.75 Å². The Kier molecular flexibility index (Phi) is 8.53. The summed E-state index contributed by atoms with van der Waals surface area (Å²) in [6, 6.07) is 20.8. The van der Waals surface area contributed by atoms with E-state index in [4.69, 9.17) is 27.9 Å². The van der Waals surface area contributed by atoms with Gasteiger partial charge in [-0.25, -0.2) is 10.2 Å². The van der Waals surface area contributed by atoms with Gasteiger partial charge in [0.1, 0.15) is 5.75 Å². The Morgan fingerprint density at radius 3 is 2.29 bits per heavy atom. The zero-order valence-electron chi connectivity index (χ0n) is 16.3. The minimum absolute atomic E-state index is 0.216. The molecular weight excluding hydrogens is 455 g/mol. The second-order valence-corrected chi connectivity index (χ2v) is 8.11. The number of nitrogens with one attached hydrogen (secondary N) is 1. The average Bonchev–Trinajstić information content (AvgIpc) is 2.77. The van der Waals surface area contributed by atoms with E-state index in [1.54, 1.807) is 66.7 Å². The predicted octanol–water partition coefficient (Wildman–Crippen LogP) is 5.60. The number of nitrogens with zero attached hydrogens (tertiary/aromatic N) is 1. The summed E-state index contributed by atoms with van der Waals surface area (Å²) in [5.74, 6) is 0.499. The van der Waals surface area contributed by atoms with Crippen molar-refractivity contribution >= 4 is 53.1 Å². The van der Waals surface area contributed by atoms with Gasteiger partial charge in [-0.3, -0.25) is 4.79 Å². The number of hydrazone groups is 1. The van der Waals surface area contributed by atoms with Crippen molar-refractivity contribution in [3.63, 3.8) is 0 Å². The van der Waals surface area contributed by atoms with Crippen LogP contribution in [-0.4, -0.2) is 23.8 Å². The molecular formula is C23H18Cl2N2O3S. The first-order valence-electron chi connectivity index (χ1n) is 9.23. The number of carbonyl (C=O) groups is 2. The van der Waals surface area contributed by atoms with Crippen LogP contribution in [0.3, 0.4) is 0 Å². The molecule has 0 spiro atoms. The van der Waals surface area contributed by atoms with E-state index in [-0.39, 0.29) is 11.7 Å². The molecule has 0 bridgehead atoms. The van der Waals surface area contributed by atoms with Gasteiger partial charge in [0.15, 0.2) is 0 Å². The van der Waals surface area contributed by atoms with E-state index >= 15 is 0 Å². The Labute approximate surface area is 194 Å². The van der Waals surface area contributed by atoms with Crippen molar-refractivity contribution in [3.05, 3.63) is 99.5 Å². The molecule has 0 fully saturated rings. The number of carbonyl (C=O) groups excluding carboxylic acids is 2. The molecule has 0 unspecified atom stereocenters. The van der Waals surface area contributed by atoms with Gasteiger partial charge in [0, 0.05) is 15.8 Å². The lowest BCUT2D eigenvalue weighted by Gasteiger charge is -2.06. The van der Waals surface area contributed by atoms with Crippen LogP contribution in [0.15, 0.2) is 77.9 Å². The fraction of sp³-hybridized carbons (Fsp3) is 0.0870. The maximum Gasteiger partial charge on any atom is 0.343 e. The highest BCUT2D eigenvalue weighted by Crippen LogP contribution is 2.28. The third-order valence-electron chi connectivity index (χ3n) is 4.04. The van der Waals surface area contributed by atoms with Crippen LogP contribution in [0.2, 0.25) is 10.0 Å². The Hall–Kier alpha value is -2.80. The topological polar surface area (TPSA) is 67.8 Å². The van der Waals surface area contributed by atoms with E-state index in [1.165, 1.54) is 18.0 Å². The lowest BCUT2D eigenvalue weighted by Crippen LogP contribution is -2.19. The second kappa shape index (κ2) is 11.6. The number of amides is 1. The fourth-order valence-electron chi connectivity index (χ4n) is 2.49. The standard InChI is InChI=1S/C23H18Cl2N2O3S/c24-20-7-4-8-21(25)19(20)14-31-15-22(28)27-26-13-16-9-11-18(12-10-16)30-23(29)17-5-2-1-3-6-17/h1-13H,14-15H2,(H,27,28)/b26-13-. The smallest absolute Gasteiger partial charge is 0.343 e. The van der Waals surface area contributed by atoms with Crippen molar-refractivity contribution in [2.24, 2.45) is 5.10 Å². The molecule has 3 rings (SSSR count). The maximum absolute atomic E-state index is 12.0. The van der Waals surface area contributed by atoms with Crippen LogP contribution >= 0.6 is 35.0 Å². The number of rotatable bonds is 8. The Bertz CT molecular complexity index is 1050. The lowest BCUT2D eigenvalue weighted by molar-refractivity contribution is -0.118. The minimum Gasteiger partial charge on any atom is -0.423 e. The van der Waals surface area contributed by atoms with E-state index in [0.717, 1.165) is 11.1 Å². The molecule has 3 aromatic carbocycles. The van der Waals surface area contributed by atoms with Crippen LogP contribution in [-0.2, 0) is 10.5 Å². The summed E-state index contributed by atoms with van der Waals surface area (Å²) in [6.07, 6.45) is 1.51. The summed E-state index contributed by atoms with van der Waals surface area (Å²) in [4.78, 5) is 24.0. The molecule has 0 saturated carbocycles. The molecule has 0 aliphatic rings. The van der Waals surface area contributed by atoms with Gasteiger partial charge >= 0.3 is 5.97 Å². The highest BCUT2D eigenvalue weighted by Gasteiger charge is 2.08. The van der Waals surface area contributed by atoms with Crippen molar-refractivity contribution in [1.82, 2.24) is 5.43 Å². The van der Waals surface area contributed by atoms with Crippen LogP contribution in [0.4, 0.5) is 0 Å². The number of esters is 1. The van der Waals surface area contributed by atoms with E-state index in [0.29, 0.717) is 27.1 Å².